The average Bonchev–Trinajstić information content (AvgIpc) is 2.62. The molecule has 0 unspecified atom stereocenters. The fourth-order valence-electron chi connectivity index (χ4n) is 4.12. The Labute approximate surface area is 157 Å². The van der Waals surface area contributed by atoms with Crippen molar-refractivity contribution in [1.82, 2.24) is 0 Å². The predicted octanol–water partition coefficient (Wildman–Crippen LogP) is 6.50. The summed E-state index contributed by atoms with van der Waals surface area (Å²) in [5, 5.41) is 0. The molecule has 0 bridgehead atoms. The highest BCUT2D eigenvalue weighted by molar-refractivity contribution is 5.57. The van der Waals surface area contributed by atoms with Crippen LogP contribution in [0.5, 0.6) is 11.5 Å². The van der Waals surface area contributed by atoms with Crippen LogP contribution in [0.4, 0.5) is 11.4 Å². The molecular weight excluding hydrogens is 320 g/mol. The van der Waals surface area contributed by atoms with E-state index in [1.807, 2.05) is 0 Å². The average molecular weight is 353 g/mol. The fraction of sp³-hybridized carbons (Fsp3) is 0.478. The largest absolute Gasteiger partial charge is 0.457 e. The summed E-state index contributed by atoms with van der Waals surface area (Å²) in [6.45, 7) is 2.28. The summed E-state index contributed by atoms with van der Waals surface area (Å²) in [4.78, 5) is 0. The van der Waals surface area contributed by atoms with Gasteiger partial charge in [-0.3, -0.25) is 0 Å². The molecule has 0 spiro atoms. The number of hydrogen-bond donors (Lipinski definition) is 2. The highest BCUT2D eigenvalue weighted by atomic mass is 16.5. The molecule has 1 fully saturated rings. The van der Waals surface area contributed by atoms with Crippen molar-refractivity contribution in [3.63, 3.8) is 0 Å². The maximum absolute atomic E-state index is 5.89. The van der Waals surface area contributed by atoms with Gasteiger partial charge in [0.15, 0.2) is 0 Å². The topological polar surface area (TPSA) is 61.3 Å². The molecule has 0 saturated heterocycles. The number of rotatable bonds is 7. The monoisotopic (exact) mass is 352 g/mol. The second-order valence-electron chi connectivity index (χ2n) is 7.72. The van der Waals surface area contributed by atoms with Crippen LogP contribution in [0.15, 0.2) is 42.5 Å². The van der Waals surface area contributed by atoms with Gasteiger partial charge in [-0.25, -0.2) is 0 Å². The van der Waals surface area contributed by atoms with Crippen molar-refractivity contribution >= 4 is 11.4 Å². The molecule has 140 valence electrons. The van der Waals surface area contributed by atoms with Gasteiger partial charge in [0.2, 0.25) is 0 Å². The maximum Gasteiger partial charge on any atom is 0.131 e. The van der Waals surface area contributed by atoms with Crippen molar-refractivity contribution in [3.8, 4) is 11.5 Å². The molecule has 4 N–H and O–H groups in total. The number of unbranched alkanes of at least 4 members (excludes halogenated alkanes) is 2. The van der Waals surface area contributed by atoms with Crippen molar-refractivity contribution in [2.24, 2.45) is 5.92 Å². The van der Waals surface area contributed by atoms with E-state index >= 15 is 0 Å². The van der Waals surface area contributed by atoms with Gasteiger partial charge in [-0.15, -0.1) is 0 Å². The van der Waals surface area contributed by atoms with E-state index in [-0.39, 0.29) is 0 Å². The summed E-state index contributed by atoms with van der Waals surface area (Å²) < 4.78 is 5.89. The molecule has 1 aliphatic carbocycles. The lowest BCUT2D eigenvalue weighted by molar-refractivity contribution is 0.302. The van der Waals surface area contributed by atoms with Gasteiger partial charge in [0.05, 0.1) is 0 Å². The second-order valence-corrected chi connectivity index (χ2v) is 7.72. The first kappa shape index (κ1) is 18.6. The number of hydrogen-bond acceptors (Lipinski definition) is 3. The summed E-state index contributed by atoms with van der Waals surface area (Å²) in [5.74, 6) is 3.17. The summed E-state index contributed by atoms with van der Waals surface area (Å²) in [6.07, 6.45) is 11.0. The van der Waals surface area contributed by atoms with E-state index in [0.717, 1.165) is 11.7 Å². The Kier molecular flexibility index (Phi) is 6.43. The minimum absolute atomic E-state index is 0.618. The van der Waals surface area contributed by atoms with Gasteiger partial charge >= 0.3 is 0 Å². The molecule has 0 amide bonds. The van der Waals surface area contributed by atoms with Gasteiger partial charge in [-0.1, -0.05) is 44.7 Å². The molecule has 2 aromatic rings. The molecule has 1 saturated carbocycles. The van der Waals surface area contributed by atoms with Crippen LogP contribution >= 0.6 is 0 Å². The standard InChI is InChI=1S/C23H32N2O/c1-2-3-4-5-17-6-8-18(9-7-17)19-10-12-22(13-11-19)26-23-15-20(24)14-21(25)16-23/h10-18H,2-9,24-25H2,1H3/t17-,18-. The van der Waals surface area contributed by atoms with Gasteiger partial charge in [-0.2, -0.15) is 0 Å². The summed E-state index contributed by atoms with van der Waals surface area (Å²) in [7, 11) is 0. The number of nitrogen functional groups attached to an aromatic ring is 2. The minimum atomic E-state index is 0.618. The van der Waals surface area contributed by atoms with Crippen LogP contribution in [0.1, 0.15) is 69.8 Å². The Balaban J connectivity index is 1.53. The molecule has 2 aromatic carbocycles. The van der Waals surface area contributed by atoms with E-state index in [1.54, 1.807) is 18.2 Å². The quantitative estimate of drug-likeness (QED) is 0.442. The van der Waals surface area contributed by atoms with E-state index < -0.39 is 0 Å². The molecule has 3 nitrogen and oxygen atoms in total. The van der Waals surface area contributed by atoms with Gasteiger partial charge in [0.25, 0.3) is 0 Å². The van der Waals surface area contributed by atoms with Gasteiger partial charge in [0.1, 0.15) is 11.5 Å². The van der Waals surface area contributed by atoms with E-state index in [2.05, 4.69) is 31.2 Å². The lowest BCUT2D eigenvalue weighted by Gasteiger charge is -2.29. The van der Waals surface area contributed by atoms with Crippen LogP contribution in [-0.2, 0) is 0 Å². The Morgan fingerprint density at radius 1 is 0.846 bits per heavy atom. The van der Waals surface area contributed by atoms with E-state index in [1.165, 1.54) is 56.9 Å². The first-order valence-electron chi connectivity index (χ1n) is 10.1. The van der Waals surface area contributed by atoms with Crippen LogP contribution in [0.2, 0.25) is 0 Å². The number of benzene rings is 2. The Morgan fingerprint density at radius 3 is 2.12 bits per heavy atom. The molecule has 0 aliphatic heterocycles. The van der Waals surface area contributed by atoms with E-state index in [9.17, 15) is 0 Å². The molecule has 3 rings (SSSR count). The lowest BCUT2D eigenvalue weighted by Crippen LogP contribution is -2.13. The third-order valence-corrected chi connectivity index (χ3v) is 5.60. The zero-order valence-corrected chi connectivity index (χ0v) is 15.9. The Bertz CT molecular complexity index is 668. The summed E-state index contributed by atoms with van der Waals surface area (Å²) in [5.41, 5.74) is 14.3. The third-order valence-electron chi connectivity index (χ3n) is 5.60. The van der Waals surface area contributed by atoms with Crippen molar-refractivity contribution in [1.29, 1.82) is 0 Å². The number of ether oxygens (including phenoxy) is 1. The molecule has 0 atom stereocenters. The highest BCUT2D eigenvalue weighted by Gasteiger charge is 2.22. The number of anilines is 2. The molecule has 0 radical (unpaired) electrons. The Hall–Kier alpha value is -2.16. The van der Waals surface area contributed by atoms with E-state index in [4.69, 9.17) is 16.2 Å². The van der Waals surface area contributed by atoms with Crippen LogP contribution in [0, 0.1) is 5.92 Å². The zero-order valence-electron chi connectivity index (χ0n) is 15.9. The van der Waals surface area contributed by atoms with Gasteiger partial charge in [0, 0.05) is 23.5 Å². The lowest BCUT2D eigenvalue weighted by atomic mass is 9.77. The van der Waals surface area contributed by atoms with Crippen LogP contribution < -0.4 is 16.2 Å². The van der Waals surface area contributed by atoms with Gasteiger partial charge in [-0.05, 0) is 61.3 Å². The molecule has 26 heavy (non-hydrogen) atoms. The second kappa shape index (κ2) is 8.98. The molecule has 3 heteroatoms. The fourth-order valence-corrected chi connectivity index (χ4v) is 4.12. The highest BCUT2D eigenvalue weighted by Crippen LogP contribution is 2.38. The molecule has 0 heterocycles. The summed E-state index contributed by atoms with van der Waals surface area (Å²) in [6, 6.07) is 13.9. The Morgan fingerprint density at radius 2 is 1.50 bits per heavy atom. The van der Waals surface area contributed by atoms with Crippen LogP contribution in [0.25, 0.3) is 0 Å². The smallest absolute Gasteiger partial charge is 0.131 e. The van der Waals surface area contributed by atoms with Crippen molar-refractivity contribution in [2.75, 3.05) is 11.5 Å². The van der Waals surface area contributed by atoms with Crippen LogP contribution in [0.3, 0.4) is 0 Å². The predicted molar refractivity (Wildman–Crippen MR) is 111 cm³/mol. The molecule has 1 aliphatic rings. The van der Waals surface area contributed by atoms with E-state index in [0.29, 0.717) is 23.0 Å². The minimum Gasteiger partial charge on any atom is -0.457 e. The van der Waals surface area contributed by atoms with Gasteiger partial charge < -0.3 is 16.2 Å². The van der Waals surface area contributed by atoms with Crippen molar-refractivity contribution in [3.05, 3.63) is 48.0 Å². The summed E-state index contributed by atoms with van der Waals surface area (Å²) >= 11 is 0. The SMILES string of the molecule is CCCCC[C@H]1CC[C@H](c2ccc(Oc3cc(N)cc(N)c3)cc2)CC1. The molecule has 0 aromatic heterocycles. The first-order valence-corrected chi connectivity index (χ1v) is 10.1. The first-order chi connectivity index (χ1) is 12.6. The zero-order chi connectivity index (χ0) is 18.4. The van der Waals surface area contributed by atoms with Crippen molar-refractivity contribution in [2.45, 2.75) is 64.2 Å². The normalized spacial score (nSPS) is 20.0. The van der Waals surface area contributed by atoms with Crippen LogP contribution in [-0.4, -0.2) is 0 Å². The number of nitrogens with two attached hydrogens (primary N) is 2. The van der Waals surface area contributed by atoms with Crippen molar-refractivity contribution < 1.29 is 4.74 Å². The maximum atomic E-state index is 5.89. The third kappa shape index (κ3) is 5.17. The molecular formula is C23H32N2O.